The zero-order valence-electron chi connectivity index (χ0n) is 14.6. The Hall–Kier alpha value is -2.83. The van der Waals surface area contributed by atoms with Crippen LogP contribution < -0.4 is 20.7 Å². The number of rotatable bonds is 5. The maximum atomic E-state index is 13.4. The number of ether oxygens (including phenoxy) is 1. The molecule has 138 valence electrons. The molecule has 1 aliphatic heterocycles. The smallest absolute Gasteiger partial charge is 0.193 e. The summed E-state index contributed by atoms with van der Waals surface area (Å²) in [4.78, 5) is 6.44. The zero-order valence-corrected chi connectivity index (χ0v) is 14.6. The molecule has 0 amide bonds. The summed E-state index contributed by atoms with van der Waals surface area (Å²) < 4.78 is 31.7. The van der Waals surface area contributed by atoms with Crippen LogP contribution in [0.2, 0.25) is 0 Å². The second-order valence-electron chi connectivity index (χ2n) is 6.25. The fourth-order valence-electron chi connectivity index (χ4n) is 3.05. The number of benzene rings is 2. The number of nitrogens with zero attached hydrogens (tertiary/aromatic N) is 2. The predicted molar refractivity (Wildman–Crippen MR) is 99.8 cm³/mol. The number of hydrogen-bond acceptors (Lipinski definition) is 3. The van der Waals surface area contributed by atoms with E-state index in [0.717, 1.165) is 31.3 Å². The maximum absolute atomic E-state index is 13.4. The van der Waals surface area contributed by atoms with Crippen molar-refractivity contribution in [3.63, 3.8) is 0 Å². The summed E-state index contributed by atoms with van der Waals surface area (Å²) in [6.45, 7) is 2.08. The van der Waals surface area contributed by atoms with Crippen LogP contribution in [0, 0.1) is 17.6 Å². The number of para-hydroxylation sites is 2. The first-order chi connectivity index (χ1) is 12.6. The molecule has 0 aliphatic carbocycles. The first-order valence-electron chi connectivity index (χ1n) is 8.47. The molecule has 1 saturated heterocycles. The van der Waals surface area contributed by atoms with Crippen LogP contribution in [0.15, 0.2) is 47.5 Å². The molecule has 0 spiro atoms. The molecular formula is C19H22F2N4O. The Morgan fingerprint density at radius 1 is 1.27 bits per heavy atom. The first kappa shape index (κ1) is 18.0. The van der Waals surface area contributed by atoms with Gasteiger partial charge in [-0.2, -0.15) is 0 Å². The average Bonchev–Trinajstić information content (AvgIpc) is 3.12. The molecule has 3 rings (SSSR count). The minimum absolute atomic E-state index is 0.307. The van der Waals surface area contributed by atoms with Crippen LogP contribution in [0.1, 0.15) is 6.42 Å². The number of anilines is 2. The minimum Gasteiger partial charge on any atom is -0.495 e. The van der Waals surface area contributed by atoms with Gasteiger partial charge in [-0.05, 0) is 36.6 Å². The van der Waals surface area contributed by atoms with Gasteiger partial charge in [0.15, 0.2) is 17.6 Å². The van der Waals surface area contributed by atoms with Crippen molar-refractivity contribution >= 4 is 17.3 Å². The largest absolute Gasteiger partial charge is 0.495 e. The van der Waals surface area contributed by atoms with Crippen LogP contribution >= 0.6 is 0 Å². The van der Waals surface area contributed by atoms with Crippen molar-refractivity contribution in [3.8, 4) is 5.75 Å². The number of nitrogens with one attached hydrogen (secondary N) is 1. The third kappa shape index (κ3) is 4.22. The molecule has 2 aromatic carbocycles. The van der Waals surface area contributed by atoms with E-state index in [9.17, 15) is 8.78 Å². The number of guanidine groups is 1. The van der Waals surface area contributed by atoms with Crippen molar-refractivity contribution in [3.05, 3.63) is 54.1 Å². The van der Waals surface area contributed by atoms with Crippen LogP contribution in [-0.4, -0.2) is 32.7 Å². The van der Waals surface area contributed by atoms with E-state index in [0.29, 0.717) is 29.9 Å². The summed E-state index contributed by atoms with van der Waals surface area (Å²) in [6.07, 6.45) is 0.921. The Bertz CT molecular complexity index is 797. The average molecular weight is 360 g/mol. The lowest BCUT2D eigenvalue weighted by Crippen LogP contribution is -2.25. The summed E-state index contributed by atoms with van der Waals surface area (Å²) >= 11 is 0. The second kappa shape index (κ2) is 8.03. The van der Waals surface area contributed by atoms with Gasteiger partial charge < -0.3 is 20.7 Å². The molecule has 1 aliphatic rings. The Balaban J connectivity index is 1.56. The molecule has 0 bridgehead atoms. The number of halogens is 2. The van der Waals surface area contributed by atoms with Gasteiger partial charge in [0, 0.05) is 31.4 Å². The minimum atomic E-state index is -0.829. The standard InChI is InChI=1S/C19H22F2N4O/c1-26-18-5-3-2-4-17(18)24-19(22)23-11-13-8-9-25(12-13)14-6-7-15(20)16(21)10-14/h2-7,10,13H,8-9,11-12H2,1H3,(H3,22,23,24). The number of aliphatic imine (C=N–C) groups is 1. The van der Waals surface area contributed by atoms with Gasteiger partial charge in [0.25, 0.3) is 0 Å². The Labute approximate surface area is 151 Å². The van der Waals surface area contributed by atoms with E-state index < -0.39 is 11.6 Å². The summed E-state index contributed by atoms with van der Waals surface area (Å²) in [5.41, 5.74) is 7.41. The normalized spacial score (nSPS) is 17.4. The van der Waals surface area contributed by atoms with Gasteiger partial charge in [-0.25, -0.2) is 8.78 Å². The molecule has 3 N–H and O–H groups in total. The maximum Gasteiger partial charge on any atom is 0.193 e. The molecule has 26 heavy (non-hydrogen) atoms. The summed E-state index contributed by atoms with van der Waals surface area (Å²) in [6, 6.07) is 11.5. The number of hydrogen-bond donors (Lipinski definition) is 2. The van der Waals surface area contributed by atoms with Gasteiger partial charge >= 0.3 is 0 Å². The van der Waals surface area contributed by atoms with E-state index in [4.69, 9.17) is 10.5 Å². The molecule has 1 heterocycles. The highest BCUT2D eigenvalue weighted by Crippen LogP contribution is 2.26. The van der Waals surface area contributed by atoms with Crippen LogP contribution in [-0.2, 0) is 0 Å². The summed E-state index contributed by atoms with van der Waals surface area (Å²) in [5, 5.41) is 3.04. The van der Waals surface area contributed by atoms with E-state index in [1.165, 1.54) is 6.07 Å². The Morgan fingerprint density at radius 3 is 2.85 bits per heavy atom. The third-order valence-corrected chi connectivity index (χ3v) is 4.44. The molecule has 1 atom stereocenters. The molecule has 0 radical (unpaired) electrons. The molecule has 1 unspecified atom stereocenters. The van der Waals surface area contributed by atoms with Gasteiger partial charge in [0.05, 0.1) is 12.8 Å². The highest BCUT2D eigenvalue weighted by Gasteiger charge is 2.23. The molecule has 0 saturated carbocycles. The van der Waals surface area contributed by atoms with Gasteiger partial charge in [-0.3, -0.25) is 4.99 Å². The van der Waals surface area contributed by atoms with Gasteiger partial charge in [-0.15, -0.1) is 0 Å². The van der Waals surface area contributed by atoms with Gasteiger partial charge in [0.2, 0.25) is 0 Å². The fourth-order valence-corrected chi connectivity index (χ4v) is 3.05. The highest BCUT2D eigenvalue weighted by molar-refractivity contribution is 5.93. The Kier molecular flexibility index (Phi) is 5.55. The molecule has 7 heteroatoms. The number of nitrogens with two attached hydrogens (primary N) is 1. The van der Waals surface area contributed by atoms with E-state index in [1.807, 2.05) is 29.2 Å². The summed E-state index contributed by atoms with van der Waals surface area (Å²) in [5.74, 6) is -0.337. The van der Waals surface area contributed by atoms with Crippen molar-refractivity contribution in [2.75, 3.05) is 37.0 Å². The lowest BCUT2D eigenvalue weighted by Gasteiger charge is -2.18. The molecule has 5 nitrogen and oxygen atoms in total. The van der Waals surface area contributed by atoms with E-state index in [1.54, 1.807) is 13.2 Å². The van der Waals surface area contributed by atoms with Crippen molar-refractivity contribution in [2.24, 2.45) is 16.6 Å². The fraction of sp³-hybridized carbons (Fsp3) is 0.316. The van der Waals surface area contributed by atoms with Crippen LogP contribution in [0.25, 0.3) is 0 Å². The predicted octanol–water partition coefficient (Wildman–Crippen LogP) is 3.23. The van der Waals surface area contributed by atoms with E-state index in [2.05, 4.69) is 10.3 Å². The first-order valence-corrected chi connectivity index (χ1v) is 8.47. The van der Waals surface area contributed by atoms with Gasteiger partial charge in [-0.1, -0.05) is 12.1 Å². The SMILES string of the molecule is COc1ccccc1NC(N)=NCC1CCN(c2ccc(F)c(F)c2)C1. The second-order valence-corrected chi connectivity index (χ2v) is 6.25. The molecule has 2 aromatic rings. The monoisotopic (exact) mass is 360 g/mol. The lowest BCUT2D eigenvalue weighted by molar-refractivity contribution is 0.417. The summed E-state index contributed by atoms with van der Waals surface area (Å²) in [7, 11) is 1.60. The van der Waals surface area contributed by atoms with Crippen molar-refractivity contribution in [1.82, 2.24) is 0 Å². The molecule has 0 aromatic heterocycles. The molecule has 1 fully saturated rings. The zero-order chi connectivity index (χ0) is 18.5. The van der Waals surface area contributed by atoms with Crippen LogP contribution in [0.5, 0.6) is 5.75 Å². The van der Waals surface area contributed by atoms with Crippen molar-refractivity contribution in [1.29, 1.82) is 0 Å². The topological polar surface area (TPSA) is 62.9 Å². The van der Waals surface area contributed by atoms with Gasteiger partial charge in [0.1, 0.15) is 5.75 Å². The Morgan fingerprint density at radius 2 is 2.08 bits per heavy atom. The van der Waals surface area contributed by atoms with E-state index >= 15 is 0 Å². The highest BCUT2D eigenvalue weighted by atomic mass is 19.2. The molecular weight excluding hydrogens is 338 g/mol. The van der Waals surface area contributed by atoms with Crippen molar-refractivity contribution in [2.45, 2.75) is 6.42 Å². The quantitative estimate of drug-likeness (QED) is 0.635. The van der Waals surface area contributed by atoms with Crippen LogP contribution in [0.4, 0.5) is 20.2 Å². The number of methoxy groups -OCH3 is 1. The third-order valence-electron chi connectivity index (χ3n) is 4.44. The van der Waals surface area contributed by atoms with E-state index in [-0.39, 0.29) is 0 Å². The van der Waals surface area contributed by atoms with Crippen molar-refractivity contribution < 1.29 is 13.5 Å². The van der Waals surface area contributed by atoms with Crippen LogP contribution in [0.3, 0.4) is 0 Å². The lowest BCUT2D eigenvalue weighted by atomic mass is 10.1.